The molecule has 0 bridgehead atoms. The van der Waals surface area contributed by atoms with Crippen LogP contribution in [0, 0.1) is 6.92 Å². The number of aryl methyl sites for hydroxylation is 1. The molecule has 2 N–H and O–H groups in total. The van der Waals surface area contributed by atoms with Gasteiger partial charge in [0.25, 0.3) is 0 Å². The minimum absolute atomic E-state index is 0.393. The SMILES string of the molecule is Cc1cc(C2(NC(=O)OC(C)(C)C)CCNC2)co1. The zero-order chi connectivity index (χ0) is 14.1. The Bertz CT molecular complexity index is 454. The normalized spacial score (nSPS) is 23.4. The van der Waals surface area contributed by atoms with E-state index < -0.39 is 17.2 Å². The van der Waals surface area contributed by atoms with Gasteiger partial charge in [-0.2, -0.15) is 0 Å². The lowest BCUT2D eigenvalue weighted by atomic mass is 9.91. The number of carbonyl (C=O) groups excluding carboxylic acids is 1. The highest BCUT2D eigenvalue weighted by Gasteiger charge is 2.39. The molecule has 0 radical (unpaired) electrons. The fraction of sp³-hybridized carbons (Fsp3) is 0.643. The lowest BCUT2D eigenvalue weighted by Gasteiger charge is -2.30. The maximum atomic E-state index is 12.0. The fourth-order valence-corrected chi connectivity index (χ4v) is 2.31. The van der Waals surface area contributed by atoms with Crippen molar-refractivity contribution >= 4 is 6.09 Å². The Morgan fingerprint density at radius 1 is 1.53 bits per heavy atom. The Morgan fingerprint density at radius 2 is 2.26 bits per heavy atom. The van der Waals surface area contributed by atoms with Gasteiger partial charge in [0, 0.05) is 12.1 Å². The van der Waals surface area contributed by atoms with Gasteiger partial charge >= 0.3 is 6.09 Å². The van der Waals surface area contributed by atoms with Crippen LogP contribution in [-0.4, -0.2) is 24.8 Å². The Morgan fingerprint density at radius 3 is 2.74 bits per heavy atom. The van der Waals surface area contributed by atoms with E-state index in [4.69, 9.17) is 9.15 Å². The minimum Gasteiger partial charge on any atom is -0.469 e. The molecule has 2 rings (SSSR count). The standard InChI is InChI=1S/C14H22N2O3/c1-10-7-11(8-18-10)14(5-6-15-9-14)16-12(17)19-13(2,3)4/h7-8,15H,5-6,9H2,1-4H3,(H,16,17). The molecule has 1 aliphatic rings. The molecule has 1 aromatic heterocycles. The molecule has 0 aliphatic carbocycles. The van der Waals surface area contributed by atoms with Gasteiger partial charge in [-0.1, -0.05) is 0 Å². The van der Waals surface area contributed by atoms with Gasteiger partial charge in [-0.15, -0.1) is 0 Å². The van der Waals surface area contributed by atoms with Gasteiger partial charge in [-0.3, -0.25) is 0 Å². The van der Waals surface area contributed by atoms with Crippen molar-refractivity contribution in [3.05, 3.63) is 23.7 Å². The van der Waals surface area contributed by atoms with Crippen molar-refractivity contribution in [1.82, 2.24) is 10.6 Å². The van der Waals surface area contributed by atoms with Crippen molar-refractivity contribution in [1.29, 1.82) is 0 Å². The van der Waals surface area contributed by atoms with E-state index in [-0.39, 0.29) is 0 Å². The van der Waals surface area contributed by atoms with Gasteiger partial charge in [0.1, 0.15) is 11.4 Å². The molecule has 5 nitrogen and oxygen atoms in total. The molecule has 0 aromatic carbocycles. The average molecular weight is 266 g/mol. The highest BCUT2D eigenvalue weighted by Crippen LogP contribution is 2.29. The number of furan rings is 1. The monoisotopic (exact) mass is 266 g/mol. The molecule has 1 aliphatic heterocycles. The molecular weight excluding hydrogens is 244 g/mol. The van der Waals surface area contributed by atoms with Gasteiger partial charge in [0.2, 0.25) is 0 Å². The zero-order valence-corrected chi connectivity index (χ0v) is 12.0. The van der Waals surface area contributed by atoms with Gasteiger partial charge in [-0.05, 0) is 46.7 Å². The largest absolute Gasteiger partial charge is 0.469 e. The summed E-state index contributed by atoms with van der Waals surface area (Å²) in [5.74, 6) is 0.840. The Kier molecular flexibility index (Phi) is 3.58. The second-order valence-corrected chi connectivity index (χ2v) is 6.08. The van der Waals surface area contributed by atoms with Crippen molar-refractivity contribution in [2.24, 2.45) is 0 Å². The summed E-state index contributed by atoms with van der Waals surface area (Å²) < 4.78 is 10.7. The number of alkyl carbamates (subject to hydrolysis) is 1. The minimum atomic E-state index is -0.496. The van der Waals surface area contributed by atoms with Gasteiger partial charge in [0.15, 0.2) is 0 Å². The van der Waals surface area contributed by atoms with Crippen molar-refractivity contribution in [3.63, 3.8) is 0 Å². The smallest absolute Gasteiger partial charge is 0.408 e. The molecule has 0 saturated carbocycles. The molecule has 1 fully saturated rings. The maximum Gasteiger partial charge on any atom is 0.408 e. The highest BCUT2D eigenvalue weighted by molar-refractivity contribution is 5.69. The maximum absolute atomic E-state index is 12.0. The summed E-state index contributed by atoms with van der Waals surface area (Å²) >= 11 is 0. The molecule has 1 unspecified atom stereocenters. The third kappa shape index (κ3) is 3.29. The fourth-order valence-electron chi connectivity index (χ4n) is 2.31. The summed E-state index contributed by atoms with van der Waals surface area (Å²) in [6.45, 7) is 9.01. The summed E-state index contributed by atoms with van der Waals surface area (Å²) in [4.78, 5) is 12.0. The molecule has 1 amide bonds. The summed E-state index contributed by atoms with van der Waals surface area (Å²) in [6, 6.07) is 1.96. The number of rotatable bonds is 2. The first-order chi connectivity index (χ1) is 8.81. The van der Waals surface area contributed by atoms with Gasteiger partial charge in [-0.25, -0.2) is 4.79 Å². The predicted molar refractivity (Wildman–Crippen MR) is 72.0 cm³/mol. The van der Waals surface area contributed by atoms with Crippen LogP contribution in [0.15, 0.2) is 16.7 Å². The quantitative estimate of drug-likeness (QED) is 0.862. The molecule has 1 saturated heterocycles. The number of amides is 1. The summed E-state index contributed by atoms with van der Waals surface area (Å²) in [5, 5.41) is 6.27. The Hall–Kier alpha value is -1.49. The van der Waals surface area contributed by atoms with E-state index in [9.17, 15) is 4.79 Å². The zero-order valence-electron chi connectivity index (χ0n) is 12.0. The first-order valence-corrected chi connectivity index (χ1v) is 6.58. The van der Waals surface area contributed by atoms with Crippen LogP contribution in [0.1, 0.15) is 38.5 Å². The van der Waals surface area contributed by atoms with E-state index in [1.165, 1.54) is 0 Å². The second kappa shape index (κ2) is 4.89. The number of hydrogen-bond acceptors (Lipinski definition) is 4. The average Bonchev–Trinajstić information content (AvgIpc) is 2.84. The van der Waals surface area contributed by atoms with Crippen LogP contribution in [0.5, 0.6) is 0 Å². The molecule has 2 heterocycles. The first-order valence-electron chi connectivity index (χ1n) is 6.58. The number of nitrogens with one attached hydrogen (secondary N) is 2. The van der Waals surface area contributed by atoms with Gasteiger partial charge in [0.05, 0.1) is 11.8 Å². The molecular formula is C14H22N2O3. The van der Waals surface area contributed by atoms with Crippen molar-refractivity contribution < 1.29 is 13.9 Å². The summed E-state index contributed by atoms with van der Waals surface area (Å²) in [6.07, 6.45) is 2.14. The van der Waals surface area contributed by atoms with Crippen molar-refractivity contribution in [2.45, 2.75) is 45.3 Å². The number of ether oxygens (including phenoxy) is 1. The van der Waals surface area contributed by atoms with Crippen LogP contribution in [0.3, 0.4) is 0 Å². The van der Waals surface area contributed by atoms with Crippen LogP contribution < -0.4 is 10.6 Å². The molecule has 1 atom stereocenters. The lowest BCUT2D eigenvalue weighted by molar-refractivity contribution is 0.0460. The van der Waals surface area contributed by atoms with E-state index in [1.54, 1.807) is 6.26 Å². The van der Waals surface area contributed by atoms with E-state index in [2.05, 4.69) is 10.6 Å². The molecule has 106 valence electrons. The van der Waals surface area contributed by atoms with E-state index in [1.807, 2.05) is 33.8 Å². The number of hydrogen-bond donors (Lipinski definition) is 2. The summed E-state index contributed by atoms with van der Waals surface area (Å²) in [5.41, 5.74) is 0.0600. The van der Waals surface area contributed by atoms with Crippen molar-refractivity contribution in [2.75, 3.05) is 13.1 Å². The molecule has 1 aromatic rings. The first kappa shape index (κ1) is 13.9. The molecule has 5 heteroatoms. The van der Waals surface area contributed by atoms with Crippen molar-refractivity contribution in [3.8, 4) is 0 Å². The predicted octanol–water partition coefficient (Wildman–Crippen LogP) is 2.30. The molecule has 0 spiro atoms. The van der Waals surface area contributed by atoms with Crippen LogP contribution in [-0.2, 0) is 10.3 Å². The topological polar surface area (TPSA) is 63.5 Å². The summed E-state index contributed by atoms with van der Waals surface area (Å²) in [7, 11) is 0. The Labute approximate surface area is 113 Å². The van der Waals surface area contributed by atoms with Crippen LogP contribution in [0.25, 0.3) is 0 Å². The third-order valence-corrected chi connectivity index (χ3v) is 3.18. The van der Waals surface area contributed by atoms with Gasteiger partial charge < -0.3 is 19.8 Å². The Balaban J connectivity index is 2.15. The number of carbonyl (C=O) groups is 1. The van der Waals surface area contributed by atoms with E-state index >= 15 is 0 Å². The van der Waals surface area contributed by atoms with Crippen LogP contribution in [0.4, 0.5) is 4.79 Å². The second-order valence-electron chi connectivity index (χ2n) is 6.08. The molecule has 19 heavy (non-hydrogen) atoms. The lowest BCUT2D eigenvalue weighted by Crippen LogP contribution is -2.49. The van der Waals surface area contributed by atoms with E-state index in [0.29, 0.717) is 6.54 Å². The van der Waals surface area contributed by atoms with Crippen LogP contribution in [0.2, 0.25) is 0 Å². The third-order valence-electron chi connectivity index (χ3n) is 3.18. The van der Waals surface area contributed by atoms with Crippen LogP contribution >= 0.6 is 0 Å². The van der Waals surface area contributed by atoms with E-state index in [0.717, 1.165) is 24.3 Å². The highest BCUT2D eigenvalue weighted by atomic mass is 16.6.